The van der Waals surface area contributed by atoms with E-state index in [1.165, 1.54) is 6.07 Å². The number of fused-ring (bicyclic) bond motifs is 2. The van der Waals surface area contributed by atoms with Crippen molar-refractivity contribution in [3.63, 3.8) is 0 Å². The maximum atomic E-state index is 11.4. The van der Waals surface area contributed by atoms with Crippen molar-refractivity contribution in [3.8, 4) is 11.3 Å². The average Bonchev–Trinajstić information content (AvgIpc) is 3.11. The summed E-state index contributed by atoms with van der Waals surface area (Å²) in [6, 6.07) is 16.9. The summed E-state index contributed by atoms with van der Waals surface area (Å²) in [5.41, 5.74) is 4.99. The second-order valence-corrected chi connectivity index (χ2v) is 6.27. The van der Waals surface area contributed by atoms with Crippen LogP contribution in [0.1, 0.15) is 5.56 Å². The molecule has 0 aliphatic rings. The molecule has 27 heavy (non-hydrogen) atoms. The molecule has 0 saturated carbocycles. The Morgan fingerprint density at radius 1 is 1.04 bits per heavy atom. The highest BCUT2D eigenvalue weighted by Gasteiger charge is 2.09. The fraction of sp³-hybridized carbons (Fsp3) is 0.0500. The van der Waals surface area contributed by atoms with Gasteiger partial charge in [0.1, 0.15) is 5.52 Å². The van der Waals surface area contributed by atoms with E-state index in [2.05, 4.69) is 20.3 Å². The molecule has 0 spiro atoms. The Labute approximate surface area is 153 Å². The van der Waals surface area contributed by atoms with Gasteiger partial charge in [-0.15, -0.1) is 5.10 Å². The van der Waals surface area contributed by atoms with Crippen LogP contribution in [0.5, 0.6) is 0 Å². The van der Waals surface area contributed by atoms with Crippen molar-refractivity contribution in [3.05, 3.63) is 82.9 Å². The van der Waals surface area contributed by atoms with Gasteiger partial charge >= 0.3 is 0 Å². The molecule has 0 aliphatic carbocycles. The number of nitrogens with zero attached hydrogens (tertiary/aromatic N) is 5. The summed E-state index contributed by atoms with van der Waals surface area (Å²) in [6.07, 6.45) is 3.52. The Morgan fingerprint density at radius 2 is 2.00 bits per heavy atom. The molecule has 0 unspecified atom stereocenters. The first kappa shape index (κ1) is 15.4. The number of pyridine rings is 3. The van der Waals surface area contributed by atoms with Crippen molar-refractivity contribution in [2.75, 3.05) is 0 Å². The van der Waals surface area contributed by atoms with Gasteiger partial charge in [0, 0.05) is 29.5 Å². The smallest absolute Gasteiger partial charge is 0.248 e. The van der Waals surface area contributed by atoms with Gasteiger partial charge in [0.15, 0.2) is 5.65 Å². The lowest BCUT2D eigenvalue weighted by Gasteiger charge is -2.05. The number of nitrogens with one attached hydrogen (secondary N) is 1. The second-order valence-electron chi connectivity index (χ2n) is 6.27. The van der Waals surface area contributed by atoms with Gasteiger partial charge in [-0.25, -0.2) is 9.67 Å². The van der Waals surface area contributed by atoms with E-state index in [0.717, 1.165) is 38.9 Å². The van der Waals surface area contributed by atoms with E-state index in [0.29, 0.717) is 6.54 Å². The Kier molecular flexibility index (Phi) is 3.50. The quantitative estimate of drug-likeness (QED) is 0.538. The molecule has 4 aromatic heterocycles. The van der Waals surface area contributed by atoms with Gasteiger partial charge in [0.2, 0.25) is 5.56 Å². The van der Waals surface area contributed by atoms with Crippen LogP contribution < -0.4 is 5.56 Å². The van der Waals surface area contributed by atoms with Crippen LogP contribution in [0.2, 0.25) is 0 Å². The lowest BCUT2D eigenvalue weighted by Crippen LogP contribution is -2.05. The molecule has 5 aromatic rings. The Morgan fingerprint density at radius 3 is 2.89 bits per heavy atom. The van der Waals surface area contributed by atoms with Crippen molar-refractivity contribution in [2.24, 2.45) is 0 Å². The molecule has 0 radical (unpaired) electrons. The van der Waals surface area contributed by atoms with Gasteiger partial charge < -0.3 is 4.98 Å². The first-order chi connectivity index (χ1) is 13.3. The number of rotatable bonds is 3. The van der Waals surface area contributed by atoms with Crippen molar-refractivity contribution in [1.82, 2.24) is 29.9 Å². The molecule has 7 heteroatoms. The standard InChI is InChI=1S/C20H14N6O/c27-19-8-4-14-10-13(3-5-16(14)22-19)12-26-20-18(24-25-26)7-6-17(23-20)15-2-1-9-21-11-15/h1-11H,12H2,(H,22,27). The summed E-state index contributed by atoms with van der Waals surface area (Å²) < 4.78 is 1.78. The third kappa shape index (κ3) is 2.85. The predicted octanol–water partition coefficient (Wildman–Crippen LogP) is 2.78. The molecular formula is C20H14N6O. The van der Waals surface area contributed by atoms with Gasteiger partial charge in [-0.1, -0.05) is 11.3 Å². The second kappa shape index (κ2) is 6.14. The highest BCUT2D eigenvalue weighted by atomic mass is 16.1. The third-order valence-electron chi connectivity index (χ3n) is 4.44. The average molecular weight is 354 g/mol. The largest absolute Gasteiger partial charge is 0.322 e. The highest BCUT2D eigenvalue weighted by Crippen LogP contribution is 2.20. The Hall–Kier alpha value is -3.87. The summed E-state index contributed by atoms with van der Waals surface area (Å²) in [6.45, 7) is 0.537. The first-order valence-corrected chi connectivity index (χ1v) is 8.49. The van der Waals surface area contributed by atoms with Crippen molar-refractivity contribution >= 4 is 22.1 Å². The van der Waals surface area contributed by atoms with E-state index in [4.69, 9.17) is 4.98 Å². The highest BCUT2D eigenvalue weighted by molar-refractivity contribution is 5.79. The summed E-state index contributed by atoms with van der Waals surface area (Å²) in [4.78, 5) is 23.1. The van der Waals surface area contributed by atoms with Crippen LogP contribution in [0.25, 0.3) is 33.3 Å². The third-order valence-corrected chi connectivity index (χ3v) is 4.44. The van der Waals surface area contributed by atoms with E-state index in [9.17, 15) is 4.79 Å². The molecule has 0 saturated heterocycles. The van der Waals surface area contributed by atoms with Crippen molar-refractivity contribution < 1.29 is 0 Å². The lowest BCUT2D eigenvalue weighted by atomic mass is 10.1. The van der Waals surface area contributed by atoms with Crippen LogP contribution in [0.4, 0.5) is 0 Å². The molecule has 0 fully saturated rings. The number of H-pyrrole nitrogens is 1. The fourth-order valence-electron chi connectivity index (χ4n) is 3.11. The number of hydrogen-bond donors (Lipinski definition) is 1. The minimum absolute atomic E-state index is 0.107. The molecule has 0 amide bonds. The van der Waals surface area contributed by atoms with Gasteiger partial charge in [-0.2, -0.15) is 0 Å². The molecule has 0 aliphatic heterocycles. The molecule has 5 rings (SSSR count). The normalized spacial score (nSPS) is 11.3. The fourth-order valence-corrected chi connectivity index (χ4v) is 3.11. The van der Waals surface area contributed by atoms with E-state index < -0.39 is 0 Å². The van der Waals surface area contributed by atoms with Crippen LogP contribution in [0.3, 0.4) is 0 Å². The lowest BCUT2D eigenvalue weighted by molar-refractivity contribution is 0.665. The zero-order valence-electron chi connectivity index (χ0n) is 14.2. The van der Waals surface area contributed by atoms with E-state index in [1.54, 1.807) is 17.1 Å². The van der Waals surface area contributed by atoms with Gasteiger partial charge in [-0.3, -0.25) is 9.78 Å². The number of aromatic nitrogens is 6. The van der Waals surface area contributed by atoms with Crippen molar-refractivity contribution in [2.45, 2.75) is 6.54 Å². The number of benzene rings is 1. The maximum absolute atomic E-state index is 11.4. The number of hydrogen-bond acceptors (Lipinski definition) is 5. The summed E-state index contributed by atoms with van der Waals surface area (Å²) >= 11 is 0. The monoisotopic (exact) mass is 354 g/mol. The van der Waals surface area contributed by atoms with Crippen LogP contribution in [0.15, 0.2) is 71.8 Å². The van der Waals surface area contributed by atoms with Gasteiger partial charge in [-0.05, 0) is 53.4 Å². The summed E-state index contributed by atoms with van der Waals surface area (Å²) in [5.74, 6) is 0. The zero-order valence-corrected chi connectivity index (χ0v) is 14.2. The van der Waals surface area contributed by atoms with Crippen molar-refractivity contribution in [1.29, 1.82) is 0 Å². The Balaban J connectivity index is 1.55. The molecule has 7 nitrogen and oxygen atoms in total. The molecule has 130 valence electrons. The summed E-state index contributed by atoms with van der Waals surface area (Å²) in [5, 5.41) is 9.43. The first-order valence-electron chi connectivity index (χ1n) is 8.49. The van der Waals surface area contributed by atoms with E-state index >= 15 is 0 Å². The van der Waals surface area contributed by atoms with E-state index in [1.807, 2.05) is 48.5 Å². The topological polar surface area (TPSA) is 89.3 Å². The minimum Gasteiger partial charge on any atom is -0.322 e. The SMILES string of the molecule is O=c1ccc2cc(Cn3nnc4ccc(-c5cccnc5)nc43)ccc2[nH]1. The minimum atomic E-state index is -0.107. The van der Waals surface area contributed by atoms with Crippen LogP contribution in [0, 0.1) is 0 Å². The van der Waals surface area contributed by atoms with E-state index in [-0.39, 0.29) is 5.56 Å². The molecule has 1 aromatic carbocycles. The maximum Gasteiger partial charge on any atom is 0.248 e. The van der Waals surface area contributed by atoms with Crippen LogP contribution in [-0.4, -0.2) is 29.9 Å². The molecule has 0 atom stereocenters. The zero-order chi connectivity index (χ0) is 18.2. The summed E-state index contributed by atoms with van der Waals surface area (Å²) in [7, 11) is 0. The number of aromatic amines is 1. The van der Waals surface area contributed by atoms with Crippen LogP contribution >= 0.6 is 0 Å². The molecule has 0 bridgehead atoms. The van der Waals surface area contributed by atoms with Gasteiger partial charge in [0.05, 0.1) is 12.2 Å². The van der Waals surface area contributed by atoms with Gasteiger partial charge in [0.25, 0.3) is 0 Å². The van der Waals surface area contributed by atoms with Crippen LogP contribution in [-0.2, 0) is 6.54 Å². The predicted molar refractivity (Wildman–Crippen MR) is 102 cm³/mol. The molecule has 4 heterocycles. The molecular weight excluding hydrogens is 340 g/mol. The Bertz CT molecular complexity index is 1320. The molecule has 1 N–H and O–H groups in total.